The average Bonchev–Trinajstić information content (AvgIpc) is 2.38. The molecule has 19 heavy (non-hydrogen) atoms. The molecule has 2 aromatic carbocycles. The van der Waals surface area contributed by atoms with Gasteiger partial charge in [-0.1, -0.05) is 29.3 Å². The molecule has 2 aromatic rings. The minimum Gasteiger partial charge on any atom is -0.344 e. The van der Waals surface area contributed by atoms with Gasteiger partial charge in [0.25, 0.3) is 0 Å². The molecule has 96 valence electrons. The van der Waals surface area contributed by atoms with Gasteiger partial charge in [-0.3, -0.25) is 0 Å². The standard InChI is InChI=1S/C16H15ClN2/c1-11-4-7-16(12(2)8-11)19(3)14-6-5-13(10-18)15(17)9-14/h4-9H,1-3H3. The number of rotatable bonds is 2. The van der Waals surface area contributed by atoms with Gasteiger partial charge in [0.15, 0.2) is 0 Å². The molecule has 3 heteroatoms. The Balaban J connectivity index is 2.41. The topological polar surface area (TPSA) is 27.0 Å². The van der Waals surface area contributed by atoms with Crippen LogP contribution < -0.4 is 4.90 Å². The molecule has 0 spiro atoms. The van der Waals surface area contributed by atoms with Crippen LogP contribution in [-0.2, 0) is 0 Å². The fourth-order valence-corrected chi connectivity index (χ4v) is 2.34. The van der Waals surface area contributed by atoms with Crippen molar-refractivity contribution in [3.8, 4) is 6.07 Å². The summed E-state index contributed by atoms with van der Waals surface area (Å²) in [5.41, 5.74) is 5.05. The SMILES string of the molecule is Cc1ccc(N(C)c2ccc(C#N)c(Cl)c2)c(C)c1. The van der Waals surface area contributed by atoms with E-state index in [9.17, 15) is 0 Å². The smallest absolute Gasteiger partial charge is 0.101 e. The van der Waals surface area contributed by atoms with E-state index in [1.54, 1.807) is 6.07 Å². The zero-order valence-corrected chi connectivity index (χ0v) is 12.0. The van der Waals surface area contributed by atoms with Crippen LogP contribution in [0, 0.1) is 25.2 Å². The molecule has 2 rings (SSSR count). The number of halogens is 1. The van der Waals surface area contributed by atoms with Crippen LogP contribution >= 0.6 is 11.6 Å². The fraction of sp³-hybridized carbons (Fsp3) is 0.188. The van der Waals surface area contributed by atoms with Crippen molar-refractivity contribution in [2.75, 3.05) is 11.9 Å². The average molecular weight is 271 g/mol. The predicted octanol–water partition coefficient (Wildman–Crippen LogP) is 4.60. The van der Waals surface area contributed by atoms with Crippen LogP contribution in [0.1, 0.15) is 16.7 Å². The van der Waals surface area contributed by atoms with Crippen molar-refractivity contribution in [3.05, 3.63) is 58.1 Å². The van der Waals surface area contributed by atoms with E-state index in [4.69, 9.17) is 16.9 Å². The summed E-state index contributed by atoms with van der Waals surface area (Å²) in [5.74, 6) is 0. The van der Waals surface area contributed by atoms with E-state index in [1.165, 1.54) is 11.1 Å². The monoisotopic (exact) mass is 270 g/mol. The number of hydrogen-bond acceptors (Lipinski definition) is 2. The van der Waals surface area contributed by atoms with Gasteiger partial charge in [0.1, 0.15) is 6.07 Å². The highest BCUT2D eigenvalue weighted by atomic mass is 35.5. The normalized spacial score (nSPS) is 10.1. The quantitative estimate of drug-likeness (QED) is 0.798. The third-order valence-corrected chi connectivity index (χ3v) is 3.49. The first-order valence-electron chi connectivity index (χ1n) is 6.03. The molecule has 0 saturated carbocycles. The van der Waals surface area contributed by atoms with Crippen LogP contribution in [0.15, 0.2) is 36.4 Å². The Bertz CT molecular complexity index is 656. The molecule has 0 saturated heterocycles. The molecule has 0 amide bonds. The third-order valence-electron chi connectivity index (χ3n) is 3.17. The molecule has 0 aliphatic rings. The van der Waals surface area contributed by atoms with Crippen molar-refractivity contribution >= 4 is 23.0 Å². The summed E-state index contributed by atoms with van der Waals surface area (Å²) < 4.78 is 0. The molecule has 0 unspecified atom stereocenters. The first-order chi connectivity index (χ1) is 9.02. The zero-order valence-electron chi connectivity index (χ0n) is 11.2. The van der Waals surface area contributed by atoms with Gasteiger partial charge in [-0.25, -0.2) is 0 Å². The molecule has 0 atom stereocenters. The highest BCUT2D eigenvalue weighted by Gasteiger charge is 2.09. The highest BCUT2D eigenvalue weighted by Crippen LogP contribution is 2.30. The van der Waals surface area contributed by atoms with Crippen LogP contribution in [-0.4, -0.2) is 7.05 Å². The lowest BCUT2D eigenvalue weighted by Crippen LogP contribution is -2.11. The molecule has 0 aliphatic carbocycles. The summed E-state index contributed by atoms with van der Waals surface area (Å²) in [5, 5.41) is 9.37. The lowest BCUT2D eigenvalue weighted by Gasteiger charge is -2.22. The van der Waals surface area contributed by atoms with E-state index in [-0.39, 0.29) is 0 Å². The molecule has 0 aromatic heterocycles. The highest BCUT2D eigenvalue weighted by molar-refractivity contribution is 6.32. The zero-order chi connectivity index (χ0) is 14.0. The van der Waals surface area contributed by atoms with Crippen molar-refractivity contribution in [3.63, 3.8) is 0 Å². The Kier molecular flexibility index (Phi) is 3.78. The lowest BCUT2D eigenvalue weighted by molar-refractivity contribution is 1.18. The van der Waals surface area contributed by atoms with Gasteiger partial charge in [0.2, 0.25) is 0 Å². The summed E-state index contributed by atoms with van der Waals surface area (Å²) in [7, 11) is 2.00. The van der Waals surface area contributed by atoms with Gasteiger partial charge in [0, 0.05) is 18.4 Å². The van der Waals surface area contributed by atoms with Crippen molar-refractivity contribution in [2.45, 2.75) is 13.8 Å². The number of nitriles is 1. The molecule has 0 aliphatic heterocycles. The second-order valence-corrected chi connectivity index (χ2v) is 5.03. The van der Waals surface area contributed by atoms with Gasteiger partial charge >= 0.3 is 0 Å². The maximum absolute atomic E-state index is 8.89. The first kappa shape index (κ1) is 13.5. The van der Waals surface area contributed by atoms with Crippen molar-refractivity contribution in [2.24, 2.45) is 0 Å². The lowest BCUT2D eigenvalue weighted by atomic mass is 10.1. The maximum Gasteiger partial charge on any atom is 0.101 e. The van der Waals surface area contributed by atoms with E-state index >= 15 is 0 Å². The summed E-state index contributed by atoms with van der Waals surface area (Å²) in [6.45, 7) is 4.17. The molecule has 0 radical (unpaired) electrons. The fourth-order valence-electron chi connectivity index (χ4n) is 2.12. The first-order valence-corrected chi connectivity index (χ1v) is 6.41. The second kappa shape index (κ2) is 5.34. The number of anilines is 2. The Morgan fingerprint density at radius 2 is 1.84 bits per heavy atom. The van der Waals surface area contributed by atoms with Crippen LogP contribution in [0.3, 0.4) is 0 Å². The summed E-state index contributed by atoms with van der Waals surface area (Å²) >= 11 is 6.08. The number of hydrogen-bond donors (Lipinski definition) is 0. The van der Waals surface area contributed by atoms with Crippen LogP contribution in [0.5, 0.6) is 0 Å². The second-order valence-electron chi connectivity index (χ2n) is 4.62. The Labute approximate surface area is 118 Å². The van der Waals surface area contributed by atoms with Gasteiger partial charge in [-0.15, -0.1) is 0 Å². The van der Waals surface area contributed by atoms with Gasteiger partial charge in [-0.2, -0.15) is 5.26 Å². The van der Waals surface area contributed by atoms with E-state index in [1.807, 2.05) is 19.2 Å². The van der Waals surface area contributed by atoms with Crippen LogP contribution in [0.25, 0.3) is 0 Å². The Morgan fingerprint density at radius 1 is 1.11 bits per heavy atom. The molecule has 0 heterocycles. The Morgan fingerprint density at radius 3 is 2.42 bits per heavy atom. The number of benzene rings is 2. The van der Waals surface area contributed by atoms with E-state index in [2.05, 4.69) is 43.0 Å². The Hall–Kier alpha value is -1.98. The number of aryl methyl sites for hydroxylation is 2. The largest absolute Gasteiger partial charge is 0.344 e. The molecular formula is C16H15ClN2. The van der Waals surface area contributed by atoms with Crippen LogP contribution in [0.4, 0.5) is 11.4 Å². The minimum absolute atomic E-state index is 0.483. The van der Waals surface area contributed by atoms with E-state index < -0.39 is 0 Å². The van der Waals surface area contributed by atoms with Gasteiger partial charge < -0.3 is 4.90 Å². The molecule has 2 nitrogen and oxygen atoms in total. The molecule has 0 bridgehead atoms. The summed E-state index contributed by atoms with van der Waals surface area (Å²) in [4.78, 5) is 2.07. The van der Waals surface area contributed by atoms with Crippen molar-refractivity contribution in [1.29, 1.82) is 5.26 Å². The van der Waals surface area contributed by atoms with E-state index in [0.717, 1.165) is 11.4 Å². The third kappa shape index (κ3) is 2.72. The van der Waals surface area contributed by atoms with Crippen molar-refractivity contribution < 1.29 is 0 Å². The summed E-state index contributed by atoms with van der Waals surface area (Å²) in [6, 6.07) is 13.9. The molecule has 0 N–H and O–H groups in total. The molecular weight excluding hydrogens is 256 g/mol. The van der Waals surface area contributed by atoms with Gasteiger partial charge in [-0.05, 0) is 43.7 Å². The van der Waals surface area contributed by atoms with Crippen LogP contribution in [0.2, 0.25) is 5.02 Å². The summed E-state index contributed by atoms with van der Waals surface area (Å²) in [6.07, 6.45) is 0. The van der Waals surface area contributed by atoms with Gasteiger partial charge in [0.05, 0.1) is 10.6 Å². The minimum atomic E-state index is 0.483. The number of nitrogens with zero attached hydrogens (tertiary/aromatic N) is 2. The van der Waals surface area contributed by atoms with Crippen molar-refractivity contribution in [1.82, 2.24) is 0 Å². The maximum atomic E-state index is 8.89. The predicted molar refractivity (Wildman–Crippen MR) is 80.1 cm³/mol. The molecule has 0 fully saturated rings. The van der Waals surface area contributed by atoms with E-state index in [0.29, 0.717) is 10.6 Å².